The van der Waals surface area contributed by atoms with Crippen molar-refractivity contribution in [3.63, 3.8) is 0 Å². The second kappa shape index (κ2) is 2.01. The summed E-state index contributed by atoms with van der Waals surface area (Å²) in [6.45, 7) is 8.28. The van der Waals surface area contributed by atoms with Gasteiger partial charge in [-0.15, -0.1) is 6.58 Å². The summed E-state index contributed by atoms with van der Waals surface area (Å²) in [5.74, 6) is 1.04. The van der Waals surface area contributed by atoms with E-state index in [4.69, 9.17) is 0 Å². The molecule has 0 radical (unpaired) electrons. The first-order valence-electron chi connectivity index (χ1n) is 4.71. The fourth-order valence-corrected chi connectivity index (χ4v) is 3.19. The number of ketones is 1. The normalized spacial score (nSPS) is 43.5. The maximum Gasteiger partial charge on any atom is 0.143 e. The Balaban J connectivity index is 2.52. The maximum absolute atomic E-state index is 11.7. The molecule has 0 N–H and O–H groups in total. The molecule has 66 valence electrons. The van der Waals surface area contributed by atoms with Crippen LogP contribution >= 0.6 is 0 Å². The first-order chi connectivity index (χ1) is 5.54. The average Bonchev–Trinajstić information content (AvgIpc) is 2.36. The molecule has 2 bridgehead atoms. The van der Waals surface area contributed by atoms with Gasteiger partial charge < -0.3 is 0 Å². The summed E-state index contributed by atoms with van der Waals surface area (Å²) < 4.78 is 0. The molecular weight excluding hydrogens is 148 g/mol. The Morgan fingerprint density at radius 3 is 2.50 bits per heavy atom. The number of allylic oxidation sites excluding steroid dienone is 1. The topological polar surface area (TPSA) is 17.1 Å². The molecule has 2 saturated carbocycles. The van der Waals surface area contributed by atoms with E-state index in [1.807, 2.05) is 6.08 Å². The Hall–Kier alpha value is -0.590. The van der Waals surface area contributed by atoms with Crippen molar-refractivity contribution in [2.75, 3.05) is 0 Å². The van der Waals surface area contributed by atoms with Crippen LogP contribution in [0.25, 0.3) is 0 Å². The molecule has 0 aromatic heterocycles. The lowest BCUT2D eigenvalue weighted by Crippen LogP contribution is -2.33. The van der Waals surface area contributed by atoms with Crippen molar-refractivity contribution < 1.29 is 4.79 Å². The van der Waals surface area contributed by atoms with Crippen LogP contribution in [0, 0.1) is 16.7 Å². The molecule has 0 spiro atoms. The van der Waals surface area contributed by atoms with E-state index in [9.17, 15) is 4.79 Å². The average molecular weight is 164 g/mol. The Morgan fingerprint density at radius 1 is 1.58 bits per heavy atom. The zero-order valence-electron chi connectivity index (χ0n) is 7.89. The predicted octanol–water partition coefficient (Wildman–Crippen LogP) is 2.57. The second-order valence-electron chi connectivity index (χ2n) is 4.76. The van der Waals surface area contributed by atoms with Crippen LogP contribution in [-0.4, -0.2) is 5.78 Å². The van der Waals surface area contributed by atoms with Crippen LogP contribution < -0.4 is 0 Å². The summed E-state index contributed by atoms with van der Waals surface area (Å²) in [6, 6.07) is 0. The van der Waals surface area contributed by atoms with Crippen molar-refractivity contribution in [1.29, 1.82) is 0 Å². The fourth-order valence-electron chi connectivity index (χ4n) is 3.19. The first kappa shape index (κ1) is 8.03. The third-order valence-corrected chi connectivity index (χ3v) is 4.34. The number of Topliss-reactive ketones (excluding diaryl/α,β-unsaturated/α-hetero) is 1. The number of hydrogen-bond donors (Lipinski definition) is 0. The van der Waals surface area contributed by atoms with E-state index >= 15 is 0 Å². The highest BCUT2D eigenvalue weighted by atomic mass is 16.1. The highest BCUT2D eigenvalue weighted by Gasteiger charge is 2.62. The van der Waals surface area contributed by atoms with Gasteiger partial charge in [0.1, 0.15) is 5.78 Å². The van der Waals surface area contributed by atoms with Crippen LogP contribution in [0.1, 0.15) is 33.1 Å². The molecule has 2 fully saturated rings. The van der Waals surface area contributed by atoms with Gasteiger partial charge in [0.05, 0.1) is 5.41 Å². The van der Waals surface area contributed by atoms with Gasteiger partial charge in [0.15, 0.2) is 0 Å². The monoisotopic (exact) mass is 164 g/mol. The summed E-state index contributed by atoms with van der Waals surface area (Å²) in [7, 11) is 0. The summed E-state index contributed by atoms with van der Waals surface area (Å²) in [5.41, 5.74) is 0.00347. The van der Waals surface area contributed by atoms with Crippen molar-refractivity contribution in [2.24, 2.45) is 16.7 Å². The minimum absolute atomic E-state index is 0.169. The lowest BCUT2D eigenvalue weighted by Gasteiger charge is -2.33. The molecule has 0 aromatic carbocycles. The molecule has 0 unspecified atom stereocenters. The Morgan fingerprint density at radius 2 is 2.25 bits per heavy atom. The van der Waals surface area contributed by atoms with Crippen LogP contribution in [-0.2, 0) is 4.79 Å². The quantitative estimate of drug-likeness (QED) is 0.544. The molecule has 1 heteroatoms. The van der Waals surface area contributed by atoms with E-state index in [0.717, 1.165) is 12.8 Å². The molecule has 12 heavy (non-hydrogen) atoms. The van der Waals surface area contributed by atoms with Crippen molar-refractivity contribution in [3.8, 4) is 0 Å². The summed E-state index contributed by atoms with van der Waals surface area (Å²) >= 11 is 0. The molecule has 2 rings (SSSR count). The van der Waals surface area contributed by atoms with E-state index in [1.54, 1.807) is 0 Å². The van der Waals surface area contributed by atoms with E-state index in [-0.39, 0.29) is 10.8 Å². The highest BCUT2D eigenvalue weighted by Crippen LogP contribution is 2.64. The Kier molecular flexibility index (Phi) is 1.35. The SMILES string of the molecule is C=C[C@@]12CC[C@H](CC1=O)C2(C)C. The lowest BCUT2D eigenvalue weighted by atomic mass is 9.69. The third-order valence-electron chi connectivity index (χ3n) is 4.34. The summed E-state index contributed by atoms with van der Waals surface area (Å²) in [5, 5.41) is 0. The fraction of sp³-hybridized carbons (Fsp3) is 0.727. The molecule has 2 aliphatic carbocycles. The van der Waals surface area contributed by atoms with E-state index < -0.39 is 0 Å². The predicted molar refractivity (Wildman–Crippen MR) is 48.8 cm³/mol. The minimum atomic E-state index is -0.169. The summed E-state index contributed by atoms with van der Waals surface area (Å²) in [6.07, 6.45) is 4.94. The van der Waals surface area contributed by atoms with Crippen LogP contribution in [0.3, 0.4) is 0 Å². The van der Waals surface area contributed by atoms with Crippen LogP contribution in [0.4, 0.5) is 0 Å². The van der Waals surface area contributed by atoms with Crippen molar-refractivity contribution in [2.45, 2.75) is 33.1 Å². The summed E-state index contributed by atoms with van der Waals surface area (Å²) in [4.78, 5) is 11.7. The number of rotatable bonds is 1. The van der Waals surface area contributed by atoms with Gasteiger partial charge in [-0.1, -0.05) is 19.9 Å². The van der Waals surface area contributed by atoms with Gasteiger partial charge in [-0.25, -0.2) is 0 Å². The standard InChI is InChI=1S/C11H16O/c1-4-11-6-5-8(7-9(11)12)10(11,2)3/h4,8H,1,5-7H2,2-3H3/t8-,11-/m1/s1. The number of hydrogen-bond acceptors (Lipinski definition) is 1. The van der Waals surface area contributed by atoms with E-state index in [1.165, 1.54) is 6.42 Å². The van der Waals surface area contributed by atoms with Crippen LogP contribution in [0.15, 0.2) is 12.7 Å². The van der Waals surface area contributed by atoms with Gasteiger partial charge in [-0.3, -0.25) is 4.79 Å². The van der Waals surface area contributed by atoms with E-state index in [2.05, 4.69) is 20.4 Å². The highest BCUT2D eigenvalue weighted by molar-refractivity contribution is 5.91. The molecule has 1 nitrogen and oxygen atoms in total. The van der Waals surface area contributed by atoms with Crippen molar-refractivity contribution >= 4 is 5.78 Å². The van der Waals surface area contributed by atoms with Crippen molar-refractivity contribution in [3.05, 3.63) is 12.7 Å². The smallest absolute Gasteiger partial charge is 0.143 e. The van der Waals surface area contributed by atoms with Gasteiger partial charge in [-0.05, 0) is 24.2 Å². The second-order valence-corrected chi connectivity index (χ2v) is 4.76. The molecule has 0 saturated heterocycles. The molecule has 0 heterocycles. The van der Waals surface area contributed by atoms with Gasteiger partial charge >= 0.3 is 0 Å². The molecular formula is C11H16O. The maximum atomic E-state index is 11.7. The Bertz CT molecular complexity index is 252. The Labute approximate surface area is 73.8 Å². The largest absolute Gasteiger partial charge is 0.299 e. The van der Waals surface area contributed by atoms with Gasteiger partial charge in [0, 0.05) is 6.42 Å². The molecule has 0 aromatic rings. The third kappa shape index (κ3) is 0.596. The number of fused-ring (bicyclic) bond motifs is 2. The van der Waals surface area contributed by atoms with Crippen LogP contribution in [0.5, 0.6) is 0 Å². The van der Waals surface area contributed by atoms with Gasteiger partial charge in [0.2, 0.25) is 0 Å². The lowest BCUT2D eigenvalue weighted by molar-refractivity contribution is -0.126. The van der Waals surface area contributed by atoms with Crippen LogP contribution in [0.2, 0.25) is 0 Å². The number of carbonyl (C=O) groups is 1. The van der Waals surface area contributed by atoms with Gasteiger partial charge in [0.25, 0.3) is 0 Å². The minimum Gasteiger partial charge on any atom is -0.299 e. The van der Waals surface area contributed by atoms with Crippen molar-refractivity contribution in [1.82, 2.24) is 0 Å². The molecule has 2 aliphatic rings. The molecule has 0 aliphatic heterocycles. The molecule has 2 atom stereocenters. The first-order valence-corrected chi connectivity index (χ1v) is 4.71. The molecule has 0 amide bonds. The zero-order valence-corrected chi connectivity index (χ0v) is 7.89. The van der Waals surface area contributed by atoms with Gasteiger partial charge in [-0.2, -0.15) is 0 Å². The van der Waals surface area contributed by atoms with E-state index in [0.29, 0.717) is 11.7 Å². The number of carbonyl (C=O) groups excluding carboxylic acids is 1. The zero-order chi connectivity index (χ0) is 8.98.